The van der Waals surface area contributed by atoms with Crippen LogP contribution in [-0.2, 0) is 4.74 Å². The summed E-state index contributed by atoms with van der Waals surface area (Å²) < 4.78 is 5.42. The molecule has 1 aliphatic heterocycles. The van der Waals surface area contributed by atoms with E-state index < -0.39 is 0 Å². The molecule has 0 saturated carbocycles. The van der Waals surface area contributed by atoms with Gasteiger partial charge in [-0.15, -0.1) is 0 Å². The van der Waals surface area contributed by atoms with Crippen molar-refractivity contribution in [1.82, 2.24) is 10.2 Å². The van der Waals surface area contributed by atoms with E-state index in [1.54, 1.807) is 0 Å². The minimum atomic E-state index is 0.235. The molecule has 1 fully saturated rings. The van der Waals surface area contributed by atoms with Crippen LogP contribution >= 0.6 is 0 Å². The maximum Gasteiger partial charge on any atom is 0.0469 e. The first kappa shape index (κ1) is 15.9. The number of hydrogen-bond donors (Lipinski definition) is 1. The zero-order valence-corrected chi connectivity index (χ0v) is 13.0. The smallest absolute Gasteiger partial charge is 0.0469 e. The highest BCUT2D eigenvalue weighted by molar-refractivity contribution is 4.74. The summed E-state index contributed by atoms with van der Waals surface area (Å²) in [5.74, 6) is 0.835. The maximum absolute atomic E-state index is 5.42. The van der Waals surface area contributed by atoms with Crippen LogP contribution in [0.25, 0.3) is 0 Å². The molecular formula is C15H32N2O. The Morgan fingerprint density at radius 3 is 2.44 bits per heavy atom. The molecule has 0 radical (unpaired) electrons. The monoisotopic (exact) mass is 256 g/mol. The van der Waals surface area contributed by atoms with Gasteiger partial charge in [-0.3, -0.25) is 0 Å². The van der Waals surface area contributed by atoms with Crippen LogP contribution in [0.3, 0.4) is 0 Å². The Hall–Kier alpha value is -0.120. The summed E-state index contributed by atoms with van der Waals surface area (Å²) in [5.41, 5.74) is 0.235. The molecule has 108 valence electrons. The van der Waals surface area contributed by atoms with Gasteiger partial charge in [0.05, 0.1) is 0 Å². The van der Waals surface area contributed by atoms with Gasteiger partial charge in [0.1, 0.15) is 0 Å². The van der Waals surface area contributed by atoms with E-state index in [2.05, 4.69) is 45.0 Å². The quantitative estimate of drug-likeness (QED) is 0.790. The lowest BCUT2D eigenvalue weighted by molar-refractivity contribution is 0.0507. The zero-order chi connectivity index (χ0) is 13.6. The third kappa shape index (κ3) is 6.72. The average Bonchev–Trinajstić information content (AvgIpc) is 2.28. The standard InChI is InChI=1S/C15H32N2O/c1-13(6-9-16-15(2,3)4)17(5)12-14-7-10-18-11-8-14/h13-14,16H,6-12H2,1-5H3. The van der Waals surface area contributed by atoms with Crippen molar-refractivity contribution in [2.24, 2.45) is 5.92 Å². The summed E-state index contributed by atoms with van der Waals surface area (Å²) in [6.45, 7) is 13.2. The molecule has 1 aliphatic rings. The van der Waals surface area contributed by atoms with E-state index >= 15 is 0 Å². The Morgan fingerprint density at radius 2 is 1.89 bits per heavy atom. The van der Waals surface area contributed by atoms with Gasteiger partial charge in [0.25, 0.3) is 0 Å². The summed E-state index contributed by atoms with van der Waals surface area (Å²) in [4.78, 5) is 2.51. The van der Waals surface area contributed by atoms with E-state index in [1.165, 1.54) is 25.8 Å². The molecule has 1 heterocycles. The molecular weight excluding hydrogens is 224 g/mol. The minimum absolute atomic E-state index is 0.235. The van der Waals surface area contributed by atoms with Crippen molar-refractivity contribution in [2.45, 2.75) is 58.5 Å². The fourth-order valence-electron chi connectivity index (χ4n) is 2.39. The van der Waals surface area contributed by atoms with Crippen molar-refractivity contribution in [3.05, 3.63) is 0 Å². The van der Waals surface area contributed by atoms with Crippen molar-refractivity contribution in [2.75, 3.05) is 33.4 Å². The Morgan fingerprint density at radius 1 is 1.28 bits per heavy atom. The maximum atomic E-state index is 5.42. The van der Waals surface area contributed by atoms with Crippen molar-refractivity contribution in [3.63, 3.8) is 0 Å². The van der Waals surface area contributed by atoms with Crippen molar-refractivity contribution < 1.29 is 4.74 Å². The molecule has 1 N–H and O–H groups in total. The van der Waals surface area contributed by atoms with Gasteiger partial charge in [-0.05, 0) is 66.5 Å². The third-order valence-corrected chi connectivity index (χ3v) is 3.86. The van der Waals surface area contributed by atoms with E-state index in [-0.39, 0.29) is 5.54 Å². The second kappa shape index (κ2) is 7.46. The predicted octanol–water partition coefficient (Wildman–Crippen LogP) is 2.51. The minimum Gasteiger partial charge on any atom is -0.381 e. The molecule has 1 rings (SSSR count). The van der Waals surface area contributed by atoms with Crippen LogP contribution in [0.4, 0.5) is 0 Å². The molecule has 1 unspecified atom stereocenters. The van der Waals surface area contributed by atoms with E-state index in [4.69, 9.17) is 4.74 Å². The van der Waals surface area contributed by atoms with Crippen molar-refractivity contribution in [3.8, 4) is 0 Å². The normalized spacial score (nSPS) is 20.3. The van der Waals surface area contributed by atoms with Crippen LogP contribution in [-0.4, -0.2) is 49.8 Å². The summed E-state index contributed by atoms with van der Waals surface area (Å²) in [7, 11) is 2.26. The van der Waals surface area contributed by atoms with E-state index in [0.717, 1.165) is 25.7 Å². The highest BCUT2D eigenvalue weighted by Gasteiger charge is 2.18. The van der Waals surface area contributed by atoms with Gasteiger partial charge in [-0.2, -0.15) is 0 Å². The van der Waals surface area contributed by atoms with Gasteiger partial charge >= 0.3 is 0 Å². The lowest BCUT2D eigenvalue weighted by Crippen LogP contribution is -2.41. The van der Waals surface area contributed by atoms with Crippen LogP contribution in [0.5, 0.6) is 0 Å². The third-order valence-electron chi connectivity index (χ3n) is 3.86. The Kier molecular flexibility index (Phi) is 6.61. The van der Waals surface area contributed by atoms with E-state index in [9.17, 15) is 0 Å². The highest BCUT2D eigenvalue weighted by atomic mass is 16.5. The van der Waals surface area contributed by atoms with Gasteiger partial charge in [0, 0.05) is 31.3 Å². The first-order valence-electron chi connectivity index (χ1n) is 7.41. The molecule has 3 heteroatoms. The fourth-order valence-corrected chi connectivity index (χ4v) is 2.39. The van der Waals surface area contributed by atoms with Crippen LogP contribution < -0.4 is 5.32 Å². The van der Waals surface area contributed by atoms with Crippen LogP contribution in [0, 0.1) is 5.92 Å². The van der Waals surface area contributed by atoms with E-state index in [1.807, 2.05) is 0 Å². The lowest BCUT2D eigenvalue weighted by atomic mass is 9.99. The zero-order valence-electron chi connectivity index (χ0n) is 13.0. The highest BCUT2D eigenvalue weighted by Crippen LogP contribution is 2.17. The van der Waals surface area contributed by atoms with Gasteiger partial charge in [0.2, 0.25) is 0 Å². The molecule has 0 bridgehead atoms. The van der Waals surface area contributed by atoms with Gasteiger partial charge in [0.15, 0.2) is 0 Å². The van der Waals surface area contributed by atoms with Gasteiger partial charge in [-0.1, -0.05) is 0 Å². The summed E-state index contributed by atoms with van der Waals surface area (Å²) in [6.07, 6.45) is 3.69. The molecule has 0 spiro atoms. The first-order chi connectivity index (χ1) is 8.38. The summed E-state index contributed by atoms with van der Waals surface area (Å²) in [5, 5.41) is 3.56. The number of ether oxygens (including phenoxy) is 1. The van der Waals surface area contributed by atoms with Gasteiger partial charge in [-0.25, -0.2) is 0 Å². The van der Waals surface area contributed by atoms with Crippen molar-refractivity contribution in [1.29, 1.82) is 0 Å². The van der Waals surface area contributed by atoms with Crippen molar-refractivity contribution >= 4 is 0 Å². The average molecular weight is 256 g/mol. The number of hydrogen-bond acceptors (Lipinski definition) is 3. The lowest BCUT2D eigenvalue weighted by Gasteiger charge is -2.31. The molecule has 0 aromatic carbocycles. The second-order valence-corrected chi connectivity index (χ2v) is 6.81. The Bertz CT molecular complexity index is 219. The summed E-state index contributed by atoms with van der Waals surface area (Å²) in [6, 6.07) is 0.655. The number of nitrogens with one attached hydrogen (secondary N) is 1. The molecule has 0 aromatic rings. The molecule has 0 aliphatic carbocycles. The number of nitrogens with zero attached hydrogens (tertiary/aromatic N) is 1. The fraction of sp³-hybridized carbons (Fsp3) is 1.00. The second-order valence-electron chi connectivity index (χ2n) is 6.81. The van der Waals surface area contributed by atoms with Crippen LogP contribution in [0.15, 0.2) is 0 Å². The Labute approximate surface area is 113 Å². The molecule has 0 amide bonds. The van der Waals surface area contributed by atoms with Crippen LogP contribution in [0.1, 0.15) is 47.0 Å². The largest absolute Gasteiger partial charge is 0.381 e. The van der Waals surface area contributed by atoms with E-state index in [0.29, 0.717) is 6.04 Å². The van der Waals surface area contributed by atoms with Crippen LogP contribution in [0.2, 0.25) is 0 Å². The molecule has 3 nitrogen and oxygen atoms in total. The SMILES string of the molecule is CC(CCNC(C)(C)C)N(C)CC1CCOCC1. The molecule has 1 atom stereocenters. The molecule has 0 aromatic heterocycles. The Balaban J connectivity index is 2.17. The molecule has 18 heavy (non-hydrogen) atoms. The number of rotatable bonds is 6. The first-order valence-corrected chi connectivity index (χ1v) is 7.41. The summed E-state index contributed by atoms with van der Waals surface area (Å²) >= 11 is 0. The topological polar surface area (TPSA) is 24.5 Å². The van der Waals surface area contributed by atoms with Gasteiger partial charge < -0.3 is 15.0 Å². The predicted molar refractivity (Wildman–Crippen MR) is 78.0 cm³/mol. The molecule has 1 saturated heterocycles.